The van der Waals surface area contributed by atoms with E-state index in [9.17, 15) is 0 Å². The molecular formula is C13H15N5S. The number of hydrogen-bond donors (Lipinski definition) is 1. The maximum atomic E-state index is 5.83. The monoisotopic (exact) mass is 273 g/mol. The molecule has 1 saturated carbocycles. The van der Waals surface area contributed by atoms with Crippen molar-refractivity contribution in [2.24, 2.45) is 0 Å². The van der Waals surface area contributed by atoms with E-state index >= 15 is 0 Å². The molecule has 0 aliphatic heterocycles. The molecule has 19 heavy (non-hydrogen) atoms. The molecule has 2 aromatic rings. The highest BCUT2D eigenvalue weighted by atomic mass is 32.2. The SMILES string of the molecule is Cc1cc(C)nc(Sc2cc(N)nc(C3CC3)n2)n1. The minimum absolute atomic E-state index is 0.489. The summed E-state index contributed by atoms with van der Waals surface area (Å²) >= 11 is 1.44. The van der Waals surface area contributed by atoms with E-state index in [4.69, 9.17) is 5.73 Å². The molecule has 98 valence electrons. The minimum Gasteiger partial charge on any atom is -0.384 e. The van der Waals surface area contributed by atoms with Crippen LogP contribution < -0.4 is 5.73 Å². The summed E-state index contributed by atoms with van der Waals surface area (Å²) in [6, 6.07) is 3.73. The van der Waals surface area contributed by atoms with Crippen molar-refractivity contribution in [3.8, 4) is 0 Å². The normalized spacial score (nSPS) is 14.6. The summed E-state index contributed by atoms with van der Waals surface area (Å²) in [7, 11) is 0. The lowest BCUT2D eigenvalue weighted by Crippen LogP contribution is -2.00. The Bertz CT molecular complexity index is 604. The Labute approximate surface area is 116 Å². The third-order valence-corrected chi connectivity index (χ3v) is 3.62. The van der Waals surface area contributed by atoms with E-state index in [1.807, 2.05) is 19.9 Å². The van der Waals surface area contributed by atoms with Gasteiger partial charge in [-0.2, -0.15) is 0 Å². The third kappa shape index (κ3) is 3.01. The molecule has 0 atom stereocenters. The van der Waals surface area contributed by atoms with Crippen molar-refractivity contribution in [2.75, 3.05) is 5.73 Å². The molecule has 5 nitrogen and oxygen atoms in total. The molecule has 0 unspecified atom stereocenters. The van der Waals surface area contributed by atoms with Gasteiger partial charge in [0.1, 0.15) is 16.7 Å². The Morgan fingerprint density at radius 2 is 1.74 bits per heavy atom. The summed E-state index contributed by atoms with van der Waals surface area (Å²) in [6.45, 7) is 3.92. The van der Waals surface area contributed by atoms with Gasteiger partial charge in [0.15, 0.2) is 5.16 Å². The van der Waals surface area contributed by atoms with Gasteiger partial charge in [-0.3, -0.25) is 0 Å². The number of rotatable bonds is 3. The van der Waals surface area contributed by atoms with Crippen molar-refractivity contribution in [3.63, 3.8) is 0 Å². The van der Waals surface area contributed by atoms with Gasteiger partial charge < -0.3 is 5.73 Å². The zero-order chi connectivity index (χ0) is 13.4. The van der Waals surface area contributed by atoms with Crippen LogP contribution >= 0.6 is 11.8 Å². The minimum atomic E-state index is 0.489. The van der Waals surface area contributed by atoms with Crippen molar-refractivity contribution in [2.45, 2.75) is 42.8 Å². The molecule has 0 bridgehead atoms. The lowest BCUT2D eigenvalue weighted by Gasteiger charge is -2.05. The topological polar surface area (TPSA) is 77.6 Å². The fourth-order valence-corrected chi connectivity index (χ4v) is 2.76. The third-order valence-electron chi connectivity index (χ3n) is 2.84. The Hall–Kier alpha value is -1.69. The first-order valence-corrected chi connectivity index (χ1v) is 7.06. The van der Waals surface area contributed by atoms with Gasteiger partial charge in [-0.25, -0.2) is 19.9 Å². The molecule has 0 spiro atoms. The number of hydrogen-bond acceptors (Lipinski definition) is 6. The van der Waals surface area contributed by atoms with Crippen LogP contribution in [0.25, 0.3) is 0 Å². The van der Waals surface area contributed by atoms with Crippen LogP contribution in [0.4, 0.5) is 5.82 Å². The van der Waals surface area contributed by atoms with E-state index in [1.54, 1.807) is 6.07 Å². The van der Waals surface area contributed by atoms with Crippen LogP contribution in [-0.2, 0) is 0 Å². The van der Waals surface area contributed by atoms with Gasteiger partial charge >= 0.3 is 0 Å². The van der Waals surface area contributed by atoms with Gasteiger partial charge in [0.2, 0.25) is 0 Å². The number of nitrogens with two attached hydrogens (primary N) is 1. The van der Waals surface area contributed by atoms with Crippen molar-refractivity contribution >= 4 is 17.6 Å². The Morgan fingerprint density at radius 3 is 2.37 bits per heavy atom. The summed E-state index contributed by atoms with van der Waals surface area (Å²) in [6.07, 6.45) is 2.32. The van der Waals surface area contributed by atoms with E-state index in [1.165, 1.54) is 11.8 Å². The smallest absolute Gasteiger partial charge is 0.194 e. The molecular weight excluding hydrogens is 258 g/mol. The molecule has 3 rings (SSSR count). The fourth-order valence-electron chi connectivity index (χ4n) is 1.87. The van der Waals surface area contributed by atoms with Gasteiger partial charge in [0, 0.05) is 23.4 Å². The van der Waals surface area contributed by atoms with Crippen molar-refractivity contribution in [1.29, 1.82) is 0 Å². The number of nitrogens with zero attached hydrogens (tertiary/aromatic N) is 4. The van der Waals surface area contributed by atoms with Crippen LogP contribution in [0.5, 0.6) is 0 Å². The van der Waals surface area contributed by atoms with E-state index in [0.29, 0.717) is 16.9 Å². The van der Waals surface area contributed by atoms with Gasteiger partial charge in [-0.1, -0.05) is 0 Å². The van der Waals surface area contributed by atoms with Crippen molar-refractivity contribution < 1.29 is 0 Å². The van der Waals surface area contributed by atoms with Gasteiger partial charge in [-0.15, -0.1) is 0 Å². The van der Waals surface area contributed by atoms with E-state index in [-0.39, 0.29) is 0 Å². The molecule has 1 aliphatic carbocycles. The number of anilines is 1. The van der Waals surface area contributed by atoms with E-state index in [2.05, 4.69) is 19.9 Å². The maximum Gasteiger partial charge on any atom is 0.194 e. The molecule has 0 aromatic carbocycles. The van der Waals surface area contributed by atoms with Crippen LogP contribution in [0.15, 0.2) is 22.3 Å². The highest BCUT2D eigenvalue weighted by Crippen LogP contribution is 2.39. The van der Waals surface area contributed by atoms with Crippen molar-refractivity contribution in [3.05, 3.63) is 29.3 Å². The summed E-state index contributed by atoms with van der Waals surface area (Å²) in [4.78, 5) is 17.6. The first-order chi connectivity index (χ1) is 9.10. The molecule has 2 heterocycles. The van der Waals surface area contributed by atoms with Crippen molar-refractivity contribution in [1.82, 2.24) is 19.9 Å². The molecule has 0 saturated heterocycles. The first kappa shape index (κ1) is 12.3. The zero-order valence-electron chi connectivity index (χ0n) is 10.9. The Balaban J connectivity index is 1.89. The average molecular weight is 273 g/mol. The largest absolute Gasteiger partial charge is 0.384 e. The summed E-state index contributed by atoms with van der Waals surface area (Å²) in [5.74, 6) is 1.86. The highest BCUT2D eigenvalue weighted by Gasteiger charge is 2.27. The summed E-state index contributed by atoms with van der Waals surface area (Å²) in [5, 5.41) is 1.52. The molecule has 1 fully saturated rings. The zero-order valence-corrected chi connectivity index (χ0v) is 11.7. The second-order valence-corrected chi connectivity index (χ2v) is 5.79. The van der Waals surface area contributed by atoms with Gasteiger partial charge in [0.05, 0.1) is 0 Å². The number of nitrogen functional groups attached to an aromatic ring is 1. The highest BCUT2D eigenvalue weighted by molar-refractivity contribution is 7.99. The quantitative estimate of drug-likeness (QED) is 0.684. The lowest BCUT2D eigenvalue weighted by atomic mass is 10.4. The Kier molecular flexibility index (Phi) is 3.10. The van der Waals surface area contributed by atoms with Crippen LogP contribution in [0.1, 0.15) is 36.0 Å². The molecule has 6 heteroatoms. The fraction of sp³-hybridized carbons (Fsp3) is 0.385. The van der Waals surface area contributed by atoms with Gasteiger partial charge in [-0.05, 0) is 44.5 Å². The summed E-state index contributed by atoms with van der Waals surface area (Å²) in [5.41, 5.74) is 7.75. The molecule has 0 radical (unpaired) electrons. The molecule has 1 aliphatic rings. The molecule has 2 N–H and O–H groups in total. The van der Waals surface area contributed by atoms with Crippen LogP contribution in [0.3, 0.4) is 0 Å². The second-order valence-electron chi connectivity index (χ2n) is 4.80. The second kappa shape index (κ2) is 4.77. The van der Waals surface area contributed by atoms with Gasteiger partial charge in [0.25, 0.3) is 0 Å². The standard InChI is InChI=1S/C13H15N5S/c1-7-5-8(2)16-13(15-7)19-11-6-10(14)17-12(18-11)9-3-4-9/h5-6,9H,3-4H2,1-2H3,(H2,14,17,18). The Morgan fingerprint density at radius 1 is 1.05 bits per heavy atom. The first-order valence-electron chi connectivity index (χ1n) is 6.25. The van der Waals surface area contributed by atoms with Crippen LogP contribution in [0.2, 0.25) is 0 Å². The number of aryl methyl sites for hydroxylation is 2. The lowest BCUT2D eigenvalue weighted by molar-refractivity contribution is 0.869. The molecule has 2 aromatic heterocycles. The molecule has 0 amide bonds. The number of aromatic nitrogens is 4. The van der Waals surface area contributed by atoms with E-state index in [0.717, 1.165) is 35.1 Å². The van der Waals surface area contributed by atoms with Crippen LogP contribution in [0, 0.1) is 13.8 Å². The average Bonchev–Trinajstić information content (AvgIpc) is 3.09. The van der Waals surface area contributed by atoms with E-state index < -0.39 is 0 Å². The van der Waals surface area contributed by atoms with Crippen LogP contribution in [-0.4, -0.2) is 19.9 Å². The summed E-state index contributed by atoms with van der Waals surface area (Å²) < 4.78 is 0. The predicted molar refractivity (Wildman–Crippen MR) is 74.0 cm³/mol. The maximum absolute atomic E-state index is 5.83. The predicted octanol–water partition coefficient (Wildman–Crippen LogP) is 2.49.